The first-order valence-corrected chi connectivity index (χ1v) is 15.2. The number of rotatable bonds is 8. The number of hydrogen-bond donors (Lipinski definition) is 5. The smallest absolute Gasteiger partial charge is 0.408 e. The second-order valence-corrected chi connectivity index (χ2v) is 13.5. The number of amides is 2. The highest BCUT2D eigenvalue weighted by molar-refractivity contribution is 8.03. The summed E-state index contributed by atoms with van der Waals surface area (Å²) < 4.78 is 21.6. The summed E-state index contributed by atoms with van der Waals surface area (Å²) in [7, 11) is -2.97. The number of aryl methyl sites for hydroxylation is 1. The van der Waals surface area contributed by atoms with Crippen LogP contribution in [0.15, 0.2) is 47.5 Å². The summed E-state index contributed by atoms with van der Waals surface area (Å²) in [6.45, 7) is 6.99. The molecule has 0 unspecified atom stereocenters. The van der Waals surface area contributed by atoms with Crippen LogP contribution in [0.25, 0.3) is 10.4 Å². The maximum atomic E-state index is 13.3. The van der Waals surface area contributed by atoms with Gasteiger partial charge in [0.25, 0.3) is 0 Å². The molecule has 0 bridgehead atoms. The number of nitrogens with one attached hydrogen (secondary N) is 3. The quantitative estimate of drug-likeness (QED) is 0.189. The fraction of sp³-hybridized carbons (Fsp3) is 0.333. The third kappa shape index (κ3) is 7.91. The molecule has 0 aliphatic rings. The molecule has 0 aliphatic heterocycles. The first-order valence-electron chi connectivity index (χ1n) is 11.2. The van der Waals surface area contributed by atoms with Gasteiger partial charge in [0.2, 0.25) is 5.91 Å². The van der Waals surface area contributed by atoms with Gasteiger partial charge in [0.05, 0.1) is 16.3 Å². The van der Waals surface area contributed by atoms with Crippen LogP contribution in [0.5, 0.6) is 0 Å². The Morgan fingerprint density at radius 3 is 2.54 bits per heavy atom. The first kappa shape index (κ1) is 28.9. The third-order valence-corrected chi connectivity index (χ3v) is 8.64. The van der Waals surface area contributed by atoms with E-state index in [0.29, 0.717) is 27.0 Å². The second-order valence-electron chi connectivity index (χ2n) is 9.24. The Hall–Kier alpha value is -2.67. The van der Waals surface area contributed by atoms with Crippen molar-refractivity contribution in [3.63, 3.8) is 0 Å². The van der Waals surface area contributed by atoms with Crippen LogP contribution >= 0.6 is 35.6 Å². The maximum Gasteiger partial charge on any atom is 0.408 e. The molecule has 13 heteroatoms. The molecule has 2 heterocycles. The van der Waals surface area contributed by atoms with E-state index < -0.39 is 33.8 Å². The van der Waals surface area contributed by atoms with Gasteiger partial charge in [0.15, 0.2) is 10.3 Å². The molecule has 0 aliphatic carbocycles. The average molecular weight is 584 g/mol. The maximum absolute atomic E-state index is 13.3. The Morgan fingerprint density at radius 2 is 1.92 bits per heavy atom. The SMILES string of the molecule is Cc1nc(NC(=O)[C@H](CS)NC(=O)OC(C)(C)C)sc1-c1cnc(Cl)c(N[SH](C)(=O)c2ccccc2)c1. The van der Waals surface area contributed by atoms with Gasteiger partial charge in [0.1, 0.15) is 11.6 Å². The van der Waals surface area contributed by atoms with Gasteiger partial charge in [0, 0.05) is 28.7 Å². The molecule has 0 spiro atoms. The molecule has 9 nitrogen and oxygen atoms in total. The number of alkyl carbamates (subject to hydrolysis) is 1. The largest absolute Gasteiger partial charge is 0.444 e. The molecule has 2 amide bonds. The van der Waals surface area contributed by atoms with E-state index in [-0.39, 0.29) is 10.9 Å². The number of aromatic nitrogens is 2. The lowest BCUT2D eigenvalue weighted by Gasteiger charge is -2.23. The number of pyridine rings is 1. The summed E-state index contributed by atoms with van der Waals surface area (Å²) in [6.07, 6.45) is 2.50. The van der Waals surface area contributed by atoms with Crippen LogP contribution in [0.2, 0.25) is 5.15 Å². The van der Waals surface area contributed by atoms with E-state index in [4.69, 9.17) is 16.3 Å². The molecule has 0 saturated heterocycles. The average Bonchev–Trinajstić information content (AvgIpc) is 3.17. The highest BCUT2D eigenvalue weighted by atomic mass is 35.5. The zero-order valence-electron chi connectivity index (χ0n) is 21.0. The monoisotopic (exact) mass is 583 g/mol. The molecular weight excluding hydrogens is 554 g/mol. The van der Waals surface area contributed by atoms with Crippen LogP contribution in [0, 0.1) is 6.92 Å². The second kappa shape index (κ2) is 11.8. The van der Waals surface area contributed by atoms with Gasteiger partial charge in [-0.25, -0.2) is 14.8 Å². The normalized spacial score (nSPS) is 12.9. The van der Waals surface area contributed by atoms with Gasteiger partial charge < -0.3 is 20.1 Å². The molecule has 3 N–H and O–H groups in total. The molecule has 1 aromatic carbocycles. The number of ether oxygens (including phenoxy) is 1. The predicted octanol–water partition coefficient (Wildman–Crippen LogP) is 4.96. The number of thiazole rings is 1. The standard InChI is InChI=1S/C24H30ClN5O4S3/c1-14-19(36-22(27-14)29-21(31)18(13-35)28-23(32)34-24(2,3)4)15-11-17(20(25)26-12-15)30-37(5,33)16-9-7-6-8-10-16/h6-12,18,35,37H,13H2,1-5H3,(H,28,32)(H,30,33)(H,27,29,31)/t18-/m0/s1. The minimum Gasteiger partial charge on any atom is -0.444 e. The van der Waals surface area contributed by atoms with Crippen LogP contribution in [0.4, 0.5) is 15.6 Å². The van der Waals surface area contributed by atoms with Crippen LogP contribution < -0.4 is 15.4 Å². The van der Waals surface area contributed by atoms with Crippen molar-refractivity contribution < 1.29 is 18.5 Å². The molecule has 1 atom stereocenters. The summed E-state index contributed by atoms with van der Waals surface area (Å²) >= 11 is 11.7. The van der Waals surface area contributed by atoms with Gasteiger partial charge in [-0.2, -0.15) is 12.6 Å². The van der Waals surface area contributed by atoms with Crippen molar-refractivity contribution >= 4 is 68.5 Å². The molecule has 0 fully saturated rings. The molecule has 200 valence electrons. The number of anilines is 2. The van der Waals surface area contributed by atoms with E-state index in [0.717, 1.165) is 4.88 Å². The van der Waals surface area contributed by atoms with E-state index in [1.54, 1.807) is 58.3 Å². The van der Waals surface area contributed by atoms with Gasteiger partial charge in [-0.3, -0.25) is 9.00 Å². The zero-order valence-corrected chi connectivity index (χ0v) is 24.4. The fourth-order valence-corrected chi connectivity index (χ4v) is 6.14. The predicted molar refractivity (Wildman–Crippen MR) is 155 cm³/mol. The summed E-state index contributed by atoms with van der Waals surface area (Å²) in [4.78, 5) is 34.9. The zero-order chi connectivity index (χ0) is 27.4. The first-order chi connectivity index (χ1) is 17.3. The van der Waals surface area contributed by atoms with Gasteiger partial charge >= 0.3 is 6.09 Å². The lowest BCUT2D eigenvalue weighted by atomic mass is 10.2. The van der Waals surface area contributed by atoms with Gasteiger partial charge in [-0.05, 0) is 56.0 Å². The van der Waals surface area contributed by atoms with Gasteiger partial charge in [-0.15, -0.1) is 0 Å². The number of benzene rings is 1. The number of halogens is 1. The molecule has 0 radical (unpaired) electrons. The van der Waals surface area contributed by atoms with E-state index >= 15 is 0 Å². The number of carbonyl (C=O) groups excluding carboxylic acids is 2. The lowest BCUT2D eigenvalue weighted by molar-refractivity contribution is -0.117. The van der Waals surface area contributed by atoms with Crippen molar-refractivity contribution in [1.82, 2.24) is 15.3 Å². The Kier molecular flexibility index (Phi) is 9.22. The van der Waals surface area contributed by atoms with Crippen molar-refractivity contribution in [2.45, 2.75) is 44.2 Å². The van der Waals surface area contributed by atoms with Crippen molar-refractivity contribution in [2.75, 3.05) is 22.0 Å². The van der Waals surface area contributed by atoms with Crippen molar-refractivity contribution in [2.24, 2.45) is 0 Å². The summed E-state index contributed by atoms with van der Waals surface area (Å²) in [5.41, 5.74) is 1.06. The third-order valence-electron chi connectivity index (χ3n) is 4.90. The fourth-order valence-electron chi connectivity index (χ4n) is 3.21. The molecule has 37 heavy (non-hydrogen) atoms. The molecule has 0 saturated carbocycles. The van der Waals surface area contributed by atoms with Crippen molar-refractivity contribution in [1.29, 1.82) is 0 Å². The van der Waals surface area contributed by atoms with Crippen molar-refractivity contribution in [3.8, 4) is 10.4 Å². The highest BCUT2D eigenvalue weighted by Gasteiger charge is 2.25. The topological polar surface area (TPSA) is 122 Å². The summed E-state index contributed by atoms with van der Waals surface area (Å²) in [5, 5.41) is 5.75. The molecular formula is C24H30ClN5O4S3. The van der Waals surface area contributed by atoms with Crippen LogP contribution in [-0.2, 0) is 19.7 Å². The number of hydrogen-bond acceptors (Lipinski definition) is 8. The minimum absolute atomic E-state index is 0.0664. The van der Waals surface area contributed by atoms with Crippen LogP contribution in [0.3, 0.4) is 0 Å². The Bertz CT molecular complexity index is 1330. The molecule has 2 aromatic heterocycles. The van der Waals surface area contributed by atoms with Gasteiger partial charge in [-0.1, -0.05) is 41.1 Å². The molecule has 3 aromatic rings. The Morgan fingerprint density at radius 1 is 1.24 bits per heavy atom. The van der Waals surface area contributed by atoms with E-state index in [2.05, 4.69) is 38.0 Å². The highest BCUT2D eigenvalue weighted by Crippen LogP contribution is 2.36. The van der Waals surface area contributed by atoms with E-state index in [9.17, 15) is 13.8 Å². The van der Waals surface area contributed by atoms with Crippen LogP contribution in [-0.4, -0.2) is 49.8 Å². The van der Waals surface area contributed by atoms with E-state index in [1.807, 2.05) is 18.2 Å². The lowest BCUT2D eigenvalue weighted by Crippen LogP contribution is -2.46. The molecule has 3 rings (SSSR count). The number of nitrogens with zero attached hydrogens (tertiary/aromatic N) is 2. The van der Waals surface area contributed by atoms with Crippen LogP contribution in [0.1, 0.15) is 26.5 Å². The minimum atomic E-state index is -2.97. The summed E-state index contributed by atoms with van der Waals surface area (Å²) in [5.74, 6) is -0.413. The Balaban J connectivity index is 1.78. The number of thiol groups is 2. The Labute approximate surface area is 231 Å². The van der Waals surface area contributed by atoms with Crippen molar-refractivity contribution in [3.05, 3.63) is 53.4 Å². The van der Waals surface area contributed by atoms with E-state index in [1.165, 1.54) is 11.3 Å². The summed E-state index contributed by atoms with van der Waals surface area (Å²) in [6, 6.07) is 9.90. The number of carbonyl (C=O) groups is 2.